The summed E-state index contributed by atoms with van der Waals surface area (Å²) in [6.07, 6.45) is 0.986. The van der Waals surface area contributed by atoms with Crippen LogP contribution in [0.25, 0.3) is 10.4 Å². The summed E-state index contributed by atoms with van der Waals surface area (Å²) in [5.41, 5.74) is 12.7. The van der Waals surface area contributed by atoms with E-state index < -0.39 is 0 Å². The number of likely N-dealkylation sites (N-methyl/N-ethyl adjacent to an activating group) is 1. The lowest BCUT2D eigenvalue weighted by Crippen LogP contribution is -2.24. The first-order valence-electron chi connectivity index (χ1n) is 7.33. The Hall–Kier alpha value is -2.49. The van der Waals surface area contributed by atoms with E-state index in [4.69, 9.17) is 5.53 Å². The van der Waals surface area contributed by atoms with Crippen molar-refractivity contribution in [2.75, 3.05) is 20.1 Å². The lowest BCUT2D eigenvalue weighted by molar-refractivity contribution is 0.338. The Balaban J connectivity index is 2.04. The topological polar surface area (TPSA) is 72.2 Å². The second kappa shape index (κ2) is 6.10. The first-order valence-corrected chi connectivity index (χ1v) is 7.33. The maximum atomic E-state index is 9.86. The van der Waals surface area contributed by atoms with E-state index >= 15 is 0 Å². The Morgan fingerprint density at radius 2 is 2.00 bits per heavy atom. The molecule has 2 aromatic rings. The zero-order valence-electron chi connectivity index (χ0n) is 12.5. The molecule has 1 aliphatic rings. The van der Waals surface area contributed by atoms with Crippen LogP contribution in [0.2, 0.25) is 0 Å². The van der Waals surface area contributed by atoms with Crippen LogP contribution in [0.4, 0.5) is 5.69 Å². The molecule has 0 fully saturated rings. The smallest absolute Gasteiger partial charge is 0.115 e. The van der Waals surface area contributed by atoms with Gasteiger partial charge in [0.25, 0.3) is 0 Å². The fraction of sp³-hybridized carbons (Fsp3) is 0.294. The molecular formula is C17H18N4O. The van der Waals surface area contributed by atoms with Gasteiger partial charge < -0.3 is 10.0 Å². The molecule has 5 heteroatoms. The molecule has 1 unspecified atom stereocenters. The molecule has 1 aliphatic heterocycles. The van der Waals surface area contributed by atoms with Crippen LogP contribution in [0.3, 0.4) is 0 Å². The molecule has 0 bridgehead atoms. The van der Waals surface area contributed by atoms with Crippen LogP contribution in [0.5, 0.6) is 5.75 Å². The van der Waals surface area contributed by atoms with E-state index in [1.165, 1.54) is 11.1 Å². The van der Waals surface area contributed by atoms with Crippen LogP contribution in [-0.2, 0) is 6.42 Å². The van der Waals surface area contributed by atoms with Crippen molar-refractivity contribution in [1.82, 2.24) is 4.90 Å². The van der Waals surface area contributed by atoms with Gasteiger partial charge in [-0.2, -0.15) is 0 Å². The maximum Gasteiger partial charge on any atom is 0.115 e. The highest BCUT2D eigenvalue weighted by Gasteiger charge is 2.23. The normalized spacial score (nSPS) is 18.1. The van der Waals surface area contributed by atoms with Crippen molar-refractivity contribution in [2.45, 2.75) is 12.3 Å². The number of azide groups is 1. The first-order chi connectivity index (χ1) is 10.7. The van der Waals surface area contributed by atoms with Crippen LogP contribution in [0, 0.1) is 0 Å². The van der Waals surface area contributed by atoms with Gasteiger partial charge in [-0.25, -0.2) is 0 Å². The molecule has 5 nitrogen and oxygen atoms in total. The number of phenolic OH excluding ortho intramolecular Hbond substituents is 1. The van der Waals surface area contributed by atoms with Gasteiger partial charge in [0.15, 0.2) is 0 Å². The number of nitrogens with zero attached hydrogens (tertiary/aromatic N) is 4. The third kappa shape index (κ3) is 2.91. The minimum absolute atomic E-state index is 0.203. The minimum atomic E-state index is 0.203. The molecule has 0 amide bonds. The number of aromatic hydroxyl groups is 1. The SMILES string of the molecule is CN1CCc2ccc(O)cc2C(c2ccc(N=[N+]=[N-])cc2)C1. The van der Waals surface area contributed by atoms with Crippen LogP contribution in [0.15, 0.2) is 47.6 Å². The van der Waals surface area contributed by atoms with Crippen LogP contribution < -0.4 is 0 Å². The highest BCUT2D eigenvalue weighted by Crippen LogP contribution is 2.33. The van der Waals surface area contributed by atoms with Crippen LogP contribution in [-0.4, -0.2) is 30.1 Å². The molecule has 112 valence electrons. The Morgan fingerprint density at radius 3 is 2.73 bits per heavy atom. The number of phenols is 1. The van der Waals surface area contributed by atoms with Crippen molar-refractivity contribution in [1.29, 1.82) is 0 Å². The van der Waals surface area contributed by atoms with Gasteiger partial charge in [-0.3, -0.25) is 0 Å². The summed E-state index contributed by atoms with van der Waals surface area (Å²) < 4.78 is 0. The molecule has 0 aliphatic carbocycles. The largest absolute Gasteiger partial charge is 0.508 e. The molecule has 0 radical (unpaired) electrons. The summed E-state index contributed by atoms with van der Waals surface area (Å²) in [6.45, 7) is 1.91. The number of hydrogen-bond donors (Lipinski definition) is 1. The standard InChI is InChI=1S/C17H18N4O/c1-21-9-8-13-4-7-15(22)10-16(13)17(11-21)12-2-5-14(6-3-12)19-20-18/h2-7,10,17,22H,8-9,11H2,1H3. The van der Waals surface area contributed by atoms with Crippen molar-refractivity contribution >= 4 is 5.69 Å². The average Bonchev–Trinajstić information content (AvgIpc) is 2.68. The molecular weight excluding hydrogens is 276 g/mol. The Bertz CT molecular complexity index is 720. The summed E-state index contributed by atoms with van der Waals surface area (Å²) in [5.74, 6) is 0.508. The average molecular weight is 294 g/mol. The van der Waals surface area contributed by atoms with Gasteiger partial charge in [0.1, 0.15) is 5.75 Å². The predicted molar refractivity (Wildman–Crippen MR) is 86.4 cm³/mol. The quantitative estimate of drug-likeness (QED) is 0.517. The Labute approximate surface area is 129 Å². The monoisotopic (exact) mass is 294 g/mol. The fourth-order valence-electron chi connectivity index (χ4n) is 3.06. The zero-order valence-corrected chi connectivity index (χ0v) is 12.5. The van der Waals surface area contributed by atoms with E-state index in [2.05, 4.69) is 22.0 Å². The van der Waals surface area contributed by atoms with Crippen molar-refractivity contribution in [3.8, 4) is 5.75 Å². The van der Waals surface area contributed by atoms with Gasteiger partial charge in [0.2, 0.25) is 0 Å². The first kappa shape index (κ1) is 14.4. The van der Waals surface area contributed by atoms with Crippen molar-refractivity contribution in [2.24, 2.45) is 5.11 Å². The van der Waals surface area contributed by atoms with Crippen molar-refractivity contribution in [3.63, 3.8) is 0 Å². The highest BCUT2D eigenvalue weighted by atomic mass is 16.3. The summed E-state index contributed by atoms with van der Waals surface area (Å²) in [4.78, 5) is 5.12. The third-order valence-corrected chi connectivity index (χ3v) is 4.22. The molecule has 0 spiro atoms. The lowest BCUT2D eigenvalue weighted by atomic mass is 9.88. The van der Waals surface area contributed by atoms with Crippen molar-refractivity contribution < 1.29 is 5.11 Å². The molecule has 3 rings (SSSR count). The zero-order chi connectivity index (χ0) is 15.5. The summed E-state index contributed by atoms with van der Waals surface area (Å²) in [7, 11) is 2.12. The van der Waals surface area contributed by atoms with E-state index in [0.717, 1.165) is 25.1 Å². The van der Waals surface area contributed by atoms with E-state index in [9.17, 15) is 5.11 Å². The number of fused-ring (bicyclic) bond motifs is 1. The molecule has 22 heavy (non-hydrogen) atoms. The molecule has 2 aromatic carbocycles. The van der Waals surface area contributed by atoms with Crippen LogP contribution >= 0.6 is 0 Å². The molecule has 0 saturated carbocycles. The van der Waals surface area contributed by atoms with Gasteiger partial charge in [-0.15, -0.1) is 0 Å². The molecule has 0 aromatic heterocycles. The Morgan fingerprint density at radius 1 is 1.23 bits per heavy atom. The van der Waals surface area contributed by atoms with E-state index in [1.54, 1.807) is 6.07 Å². The predicted octanol–water partition coefficient (Wildman–Crippen LogP) is 3.95. The molecule has 0 saturated heterocycles. The van der Waals surface area contributed by atoms with Gasteiger partial charge in [-0.1, -0.05) is 35.4 Å². The second-order valence-electron chi connectivity index (χ2n) is 5.73. The van der Waals surface area contributed by atoms with E-state index in [0.29, 0.717) is 11.4 Å². The fourth-order valence-corrected chi connectivity index (χ4v) is 3.06. The summed E-state index contributed by atoms with van der Waals surface area (Å²) >= 11 is 0. The van der Waals surface area contributed by atoms with Crippen LogP contribution in [0.1, 0.15) is 22.6 Å². The van der Waals surface area contributed by atoms with Gasteiger partial charge in [0, 0.05) is 29.6 Å². The van der Waals surface area contributed by atoms with E-state index in [-0.39, 0.29) is 5.92 Å². The van der Waals surface area contributed by atoms with E-state index in [1.807, 2.05) is 36.4 Å². The number of rotatable bonds is 2. The maximum absolute atomic E-state index is 9.86. The summed E-state index contributed by atoms with van der Waals surface area (Å²) in [5, 5.41) is 13.5. The lowest BCUT2D eigenvalue weighted by Gasteiger charge is -2.22. The summed E-state index contributed by atoms with van der Waals surface area (Å²) in [6, 6.07) is 13.3. The van der Waals surface area contributed by atoms with Crippen molar-refractivity contribution in [3.05, 3.63) is 69.6 Å². The minimum Gasteiger partial charge on any atom is -0.508 e. The number of benzene rings is 2. The molecule has 1 atom stereocenters. The molecule has 1 heterocycles. The number of hydrogen-bond acceptors (Lipinski definition) is 3. The van der Waals surface area contributed by atoms with Gasteiger partial charge in [0.05, 0.1) is 0 Å². The Kier molecular flexibility index (Phi) is 4.00. The third-order valence-electron chi connectivity index (χ3n) is 4.22. The molecule has 1 N–H and O–H groups in total. The highest BCUT2D eigenvalue weighted by molar-refractivity contribution is 5.46. The van der Waals surface area contributed by atoms with Gasteiger partial charge in [-0.05, 0) is 47.8 Å². The second-order valence-corrected chi connectivity index (χ2v) is 5.73. The van der Waals surface area contributed by atoms with Gasteiger partial charge >= 0.3 is 0 Å².